The molecule has 2 aliphatic rings. The Morgan fingerprint density at radius 2 is 1.92 bits per heavy atom. The molecule has 0 saturated heterocycles. The average Bonchev–Trinajstić information content (AvgIpc) is 3.44. The van der Waals surface area contributed by atoms with Crippen molar-refractivity contribution in [3.8, 4) is 17.2 Å². The quantitative estimate of drug-likeness (QED) is 0.800. The normalized spacial score (nSPS) is 19.9. The van der Waals surface area contributed by atoms with E-state index >= 15 is 0 Å². The van der Waals surface area contributed by atoms with Crippen LogP contribution in [-0.2, 0) is 4.79 Å². The van der Waals surface area contributed by atoms with Crippen LogP contribution in [-0.4, -0.2) is 26.2 Å². The Labute approximate surface area is 158 Å². The lowest BCUT2D eigenvalue weighted by Crippen LogP contribution is -2.16. The van der Waals surface area contributed by atoms with E-state index in [4.69, 9.17) is 19.9 Å². The van der Waals surface area contributed by atoms with E-state index in [1.54, 1.807) is 25.3 Å². The van der Waals surface area contributed by atoms with Gasteiger partial charge in [0.1, 0.15) is 19.0 Å². The first-order valence-corrected chi connectivity index (χ1v) is 8.29. The number of rotatable bonds is 4. The molecule has 4 rings (SSSR count). The number of anilines is 2. The molecule has 3 N–H and O–H groups in total. The topological polar surface area (TPSA) is 82.8 Å². The fourth-order valence-corrected chi connectivity index (χ4v) is 3.14. The highest BCUT2D eigenvalue weighted by Crippen LogP contribution is 2.50. The molecule has 2 aromatic carbocycles. The maximum atomic E-state index is 12.5. The Balaban J connectivity index is 0.00000196. The Bertz CT molecular complexity index is 827. The number of ether oxygens (including phenoxy) is 3. The van der Waals surface area contributed by atoms with Crippen LogP contribution in [0.5, 0.6) is 17.2 Å². The molecular weight excluding hydrogens is 356 g/mol. The molecule has 1 amide bonds. The zero-order chi connectivity index (χ0) is 17.4. The van der Waals surface area contributed by atoms with Gasteiger partial charge in [-0.2, -0.15) is 0 Å². The zero-order valence-electron chi connectivity index (χ0n) is 14.4. The van der Waals surface area contributed by atoms with Crippen molar-refractivity contribution in [1.82, 2.24) is 0 Å². The van der Waals surface area contributed by atoms with Crippen molar-refractivity contribution in [2.24, 2.45) is 5.92 Å². The molecule has 1 fully saturated rings. The van der Waals surface area contributed by atoms with Gasteiger partial charge in [0.15, 0.2) is 11.5 Å². The molecule has 0 radical (unpaired) electrons. The van der Waals surface area contributed by atoms with Gasteiger partial charge in [-0.25, -0.2) is 0 Å². The predicted octanol–water partition coefficient (Wildman–Crippen LogP) is 3.21. The molecule has 7 heteroatoms. The minimum Gasteiger partial charge on any atom is -0.497 e. The van der Waals surface area contributed by atoms with E-state index in [2.05, 4.69) is 5.32 Å². The third-order valence-electron chi connectivity index (χ3n) is 4.64. The number of halogens is 1. The van der Waals surface area contributed by atoms with Crippen LogP contribution < -0.4 is 25.3 Å². The van der Waals surface area contributed by atoms with E-state index in [1.807, 2.05) is 18.2 Å². The Kier molecular flexibility index (Phi) is 5.13. The second-order valence-electron chi connectivity index (χ2n) is 6.29. The molecule has 1 heterocycles. The summed E-state index contributed by atoms with van der Waals surface area (Å²) in [6, 6.07) is 11.1. The minimum atomic E-state index is -0.0619. The molecule has 1 aliphatic heterocycles. The van der Waals surface area contributed by atoms with Gasteiger partial charge in [0, 0.05) is 12.0 Å². The van der Waals surface area contributed by atoms with Crippen molar-refractivity contribution in [3.05, 3.63) is 42.0 Å². The van der Waals surface area contributed by atoms with Crippen LogP contribution in [0.3, 0.4) is 0 Å². The van der Waals surface area contributed by atoms with Crippen molar-refractivity contribution >= 4 is 29.7 Å². The lowest BCUT2D eigenvalue weighted by Gasteiger charge is -2.18. The highest BCUT2D eigenvalue weighted by Gasteiger charge is 2.44. The molecule has 2 atom stereocenters. The summed E-state index contributed by atoms with van der Waals surface area (Å²) in [6.07, 6.45) is 0.815. The fraction of sp³-hybridized carbons (Fsp3) is 0.316. The minimum absolute atomic E-state index is 0. The molecular formula is C19H21ClN2O4. The van der Waals surface area contributed by atoms with Gasteiger partial charge in [0.2, 0.25) is 5.91 Å². The number of nitrogens with one attached hydrogen (secondary N) is 1. The summed E-state index contributed by atoms with van der Waals surface area (Å²) in [4.78, 5) is 12.5. The van der Waals surface area contributed by atoms with E-state index < -0.39 is 0 Å². The van der Waals surface area contributed by atoms with E-state index in [9.17, 15) is 4.79 Å². The van der Waals surface area contributed by atoms with Gasteiger partial charge < -0.3 is 25.3 Å². The second kappa shape index (κ2) is 7.33. The summed E-state index contributed by atoms with van der Waals surface area (Å²) in [6.45, 7) is 1.13. The number of carbonyl (C=O) groups is 1. The molecule has 6 nitrogen and oxygen atoms in total. The van der Waals surface area contributed by atoms with Gasteiger partial charge in [-0.1, -0.05) is 6.07 Å². The van der Waals surface area contributed by atoms with E-state index in [0.29, 0.717) is 30.3 Å². The molecule has 2 unspecified atom stereocenters. The van der Waals surface area contributed by atoms with Crippen molar-refractivity contribution in [3.63, 3.8) is 0 Å². The third-order valence-corrected chi connectivity index (χ3v) is 4.64. The second-order valence-corrected chi connectivity index (χ2v) is 6.29. The van der Waals surface area contributed by atoms with Crippen molar-refractivity contribution in [2.45, 2.75) is 12.3 Å². The number of benzene rings is 2. The number of nitrogens with two attached hydrogens (primary N) is 1. The van der Waals surface area contributed by atoms with E-state index in [-0.39, 0.29) is 30.2 Å². The zero-order valence-corrected chi connectivity index (χ0v) is 15.2. The molecule has 138 valence electrons. The Morgan fingerprint density at radius 3 is 2.69 bits per heavy atom. The highest BCUT2D eigenvalue weighted by atomic mass is 35.5. The van der Waals surface area contributed by atoms with Crippen molar-refractivity contribution in [2.75, 3.05) is 31.4 Å². The number of nitrogen functional groups attached to an aromatic ring is 1. The van der Waals surface area contributed by atoms with Gasteiger partial charge >= 0.3 is 0 Å². The van der Waals surface area contributed by atoms with Crippen LogP contribution in [0.2, 0.25) is 0 Å². The van der Waals surface area contributed by atoms with Gasteiger partial charge in [-0.3, -0.25) is 4.79 Å². The van der Waals surface area contributed by atoms with Crippen LogP contribution in [0.1, 0.15) is 17.9 Å². The summed E-state index contributed by atoms with van der Waals surface area (Å²) in [5.41, 5.74) is 8.13. The number of hydrogen-bond donors (Lipinski definition) is 2. The molecule has 0 aromatic heterocycles. The largest absolute Gasteiger partial charge is 0.497 e. The Morgan fingerprint density at radius 1 is 1.15 bits per heavy atom. The number of methoxy groups -OCH3 is 1. The molecule has 0 spiro atoms. The summed E-state index contributed by atoms with van der Waals surface area (Å²) >= 11 is 0. The summed E-state index contributed by atoms with van der Waals surface area (Å²) in [7, 11) is 1.58. The van der Waals surface area contributed by atoms with Crippen LogP contribution >= 0.6 is 12.4 Å². The number of hydrogen-bond acceptors (Lipinski definition) is 5. The molecule has 26 heavy (non-hydrogen) atoms. The standard InChI is InChI=1S/C19H20N2O4.ClH/c1-23-12-3-4-15(20)16(9-12)21-19(22)14-10-13(14)11-2-5-17-18(8-11)25-7-6-24-17;/h2-5,8-9,13-14H,6-7,10,20H2,1H3,(H,21,22);1H. The first kappa shape index (κ1) is 18.2. The maximum absolute atomic E-state index is 12.5. The first-order chi connectivity index (χ1) is 12.2. The van der Waals surface area contributed by atoms with Gasteiger partial charge in [0.05, 0.1) is 18.5 Å². The number of fused-ring (bicyclic) bond motifs is 1. The van der Waals surface area contributed by atoms with Crippen molar-refractivity contribution in [1.29, 1.82) is 0 Å². The predicted molar refractivity (Wildman–Crippen MR) is 102 cm³/mol. The molecule has 1 saturated carbocycles. The third kappa shape index (κ3) is 3.51. The van der Waals surface area contributed by atoms with Gasteiger partial charge in [0.25, 0.3) is 0 Å². The Hall–Kier alpha value is -2.60. The summed E-state index contributed by atoms with van der Waals surface area (Å²) in [5.74, 6) is 2.28. The monoisotopic (exact) mass is 376 g/mol. The van der Waals surface area contributed by atoms with Crippen molar-refractivity contribution < 1.29 is 19.0 Å². The number of amides is 1. The molecule has 0 bridgehead atoms. The molecule has 2 aromatic rings. The lowest BCUT2D eigenvalue weighted by atomic mass is 10.1. The first-order valence-electron chi connectivity index (χ1n) is 8.29. The summed E-state index contributed by atoms with van der Waals surface area (Å²) < 4.78 is 16.3. The number of carbonyl (C=O) groups excluding carboxylic acids is 1. The fourth-order valence-electron chi connectivity index (χ4n) is 3.14. The lowest BCUT2D eigenvalue weighted by molar-refractivity contribution is -0.117. The summed E-state index contributed by atoms with van der Waals surface area (Å²) in [5, 5.41) is 2.91. The van der Waals surface area contributed by atoms with Gasteiger partial charge in [-0.05, 0) is 42.2 Å². The van der Waals surface area contributed by atoms with Crippen LogP contribution in [0.15, 0.2) is 36.4 Å². The smallest absolute Gasteiger partial charge is 0.228 e. The molecule has 1 aliphatic carbocycles. The highest BCUT2D eigenvalue weighted by molar-refractivity contribution is 5.97. The average molecular weight is 377 g/mol. The van der Waals surface area contributed by atoms with Crippen LogP contribution in [0, 0.1) is 5.92 Å². The van der Waals surface area contributed by atoms with E-state index in [1.165, 1.54) is 0 Å². The van der Waals surface area contributed by atoms with Crippen LogP contribution in [0.4, 0.5) is 11.4 Å². The maximum Gasteiger partial charge on any atom is 0.228 e. The van der Waals surface area contributed by atoms with Crippen LogP contribution in [0.25, 0.3) is 0 Å². The SMILES string of the molecule is COc1ccc(N)c(NC(=O)C2CC2c2ccc3c(c2)OCCO3)c1.Cl. The van der Waals surface area contributed by atoms with Gasteiger partial charge in [-0.15, -0.1) is 12.4 Å². The van der Waals surface area contributed by atoms with E-state index in [0.717, 1.165) is 23.5 Å².